The third-order valence-corrected chi connectivity index (χ3v) is 7.78. The Morgan fingerprint density at radius 1 is 1.24 bits per heavy atom. The number of hydrogen-bond donors (Lipinski definition) is 3. The SMILES string of the molecule is CCCNC(=O)[C@@H]1[C@H]2C(=O)N(CCCO)C(C(=O)Nc3ccccc3Cl)C23CC[C@@]1(CC)O3. The van der Waals surface area contributed by atoms with Gasteiger partial charge in [0.25, 0.3) is 0 Å². The molecule has 180 valence electrons. The second-order valence-electron chi connectivity index (χ2n) is 9.20. The van der Waals surface area contributed by atoms with E-state index in [0.717, 1.165) is 6.42 Å². The van der Waals surface area contributed by atoms with Crippen molar-refractivity contribution in [3.8, 4) is 0 Å². The summed E-state index contributed by atoms with van der Waals surface area (Å²) in [4.78, 5) is 42.1. The molecule has 3 saturated heterocycles. The number of rotatable bonds is 9. The maximum absolute atomic E-state index is 13.7. The Morgan fingerprint density at radius 2 is 2.00 bits per heavy atom. The van der Waals surface area contributed by atoms with Gasteiger partial charge >= 0.3 is 0 Å². The van der Waals surface area contributed by atoms with Crippen LogP contribution < -0.4 is 10.6 Å². The zero-order chi connectivity index (χ0) is 23.8. The first kappa shape index (κ1) is 24.0. The summed E-state index contributed by atoms with van der Waals surface area (Å²) in [6, 6.07) is 6.01. The molecule has 2 bridgehead atoms. The lowest BCUT2D eigenvalue weighted by atomic mass is 9.65. The van der Waals surface area contributed by atoms with Crippen LogP contribution in [0.5, 0.6) is 0 Å². The third kappa shape index (κ3) is 3.72. The van der Waals surface area contributed by atoms with Crippen LogP contribution in [0, 0.1) is 11.8 Å². The van der Waals surface area contributed by atoms with Gasteiger partial charge in [0.15, 0.2) is 0 Å². The van der Waals surface area contributed by atoms with Crippen LogP contribution in [0.1, 0.15) is 46.0 Å². The van der Waals surface area contributed by atoms with Crippen LogP contribution >= 0.6 is 11.6 Å². The number of aliphatic hydroxyl groups is 1. The van der Waals surface area contributed by atoms with E-state index in [2.05, 4.69) is 10.6 Å². The maximum atomic E-state index is 13.7. The molecule has 3 amide bonds. The van der Waals surface area contributed by atoms with Crippen LogP contribution in [0.4, 0.5) is 5.69 Å². The summed E-state index contributed by atoms with van der Waals surface area (Å²) >= 11 is 6.26. The Labute approximate surface area is 199 Å². The van der Waals surface area contributed by atoms with Crippen LogP contribution in [-0.4, -0.2) is 64.7 Å². The lowest BCUT2D eigenvalue weighted by Crippen LogP contribution is -2.53. The number of aliphatic hydroxyl groups excluding tert-OH is 1. The van der Waals surface area contributed by atoms with E-state index in [-0.39, 0.29) is 25.0 Å². The minimum absolute atomic E-state index is 0.111. The average Bonchev–Trinajstić information content (AvgIpc) is 3.41. The first-order chi connectivity index (χ1) is 15.8. The number of halogens is 1. The molecule has 0 saturated carbocycles. The molecule has 1 aromatic rings. The van der Waals surface area contributed by atoms with E-state index in [1.807, 2.05) is 13.8 Å². The van der Waals surface area contributed by atoms with Crippen LogP contribution in [0.2, 0.25) is 5.02 Å². The number of nitrogens with one attached hydrogen (secondary N) is 2. The molecule has 9 heteroatoms. The van der Waals surface area contributed by atoms with Gasteiger partial charge in [-0.3, -0.25) is 14.4 Å². The molecule has 4 rings (SSSR count). The predicted molar refractivity (Wildman–Crippen MR) is 124 cm³/mol. The van der Waals surface area contributed by atoms with Crippen molar-refractivity contribution in [2.24, 2.45) is 11.8 Å². The van der Waals surface area contributed by atoms with Crippen LogP contribution in [0.3, 0.4) is 0 Å². The molecule has 3 aliphatic rings. The molecular formula is C24H32ClN3O5. The van der Waals surface area contributed by atoms with Crippen molar-refractivity contribution in [3.05, 3.63) is 29.3 Å². The number of fused-ring (bicyclic) bond motifs is 1. The maximum Gasteiger partial charge on any atom is 0.250 e. The van der Waals surface area contributed by atoms with Gasteiger partial charge in [-0.25, -0.2) is 0 Å². The monoisotopic (exact) mass is 477 g/mol. The lowest BCUT2D eigenvalue weighted by molar-refractivity contribution is -0.146. The zero-order valence-electron chi connectivity index (χ0n) is 19.1. The minimum Gasteiger partial charge on any atom is -0.396 e. The highest BCUT2D eigenvalue weighted by molar-refractivity contribution is 6.33. The smallest absolute Gasteiger partial charge is 0.250 e. The van der Waals surface area contributed by atoms with Crippen molar-refractivity contribution in [3.63, 3.8) is 0 Å². The molecule has 3 aliphatic heterocycles. The fourth-order valence-electron chi connectivity index (χ4n) is 6.02. The van der Waals surface area contributed by atoms with E-state index in [4.69, 9.17) is 16.3 Å². The third-order valence-electron chi connectivity index (χ3n) is 7.45. The molecule has 3 fully saturated rings. The molecule has 1 spiro atoms. The Hall–Kier alpha value is -2.16. The first-order valence-corrected chi connectivity index (χ1v) is 12.2. The van der Waals surface area contributed by atoms with Crippen molar-refractivity contribution >= 4 is 35.0 Å². The molecule has 3 N–H and O–H groups in total. The number of ether oxygens (including phenoxy) is 1. The van der Waals surface area contributed by atoms with Crippen molar-refractivity contribution < 1.29 is 24.2 Å². The number of carbonyl (C=O) groups is 3. The molecule has 0 aliphatic carbocycles. The molecule has 3 heterocycles. The summed E-state index contributed by atoms with van der Waals surface area (Å²) in [7, 11) is 0. The summed E-state index contributed by atoms with van der Waals surface area (Å²) < 4.78 is 6.64. The highest BCUT2D eigenvalue weighted by Gasteiger charge is 2.78. The second kappa shape index (κ2) is 9.24. The summed E-state index contributed by atoms with van der Waals surface area (Å²) in [5, 5.41) is 15.6. The van der Waals surface area contributed by atoms with Gasteiger partial charge in [0.1, 0.15) is 11.6 Å². The predicted octanol–water partition coefficient (Wildman–Crippen LogP) is 2.34. The molecule has 33 heavy (non-hydrogen) atoms. The minimum atomic E-state index is -1.08. The fourth-order valence-corrected chi connectivity index (χ4v) is 6.20. The van der Waals surface area contributed by atoms with E-state index in [0.29, 0.717) is 42.9 Å². The van der Waals surface area contributed by atoms with Crippen LogP contribution in [-0.2, 0) is 19.1 Å². The standard InChI is InChI=1S/C24H32ClN3O5/c1-3-12-26-20(30)17-18-22(32)28(13-7-14-29)19(24(18)11-10-23(17,4-2)33-24)21(31)27-16-9-6-5-8-15(16)25/h5-6,8-9,17-19,29H,3-4,7,10-14H2,1-2H3,(H,26,30)(H,27,31)/t17-,18-,19?,23+,24?/m0/s1. The molecule has 8 nitrogen and oxygen atoms in total. The summed E-state index contributed by atoms with van der Waals surface area (Å²) in [5.41, 5.74) is -1.39. The number of anilines is 1. The van der Waals surface area contributed by atoms with Gasteiger partial charge in [-0.05, 0) is 44.2 Å². The summed E-state index contributed by atoms with van der Waals surface area (Å²) in [6.07, 6.45) is 2.83. The van der Waals surface area contributed by atoms with E-state index in [1.54, 1.807) is 24.3 Å². The Kier molecular flexibility index (Phi) is 6.71. The molecule has 1 aromatic carbocycles. The Bertz CT molecular complexity index is 942. The lowest BCUT2D eigenvalue weighted by Gasteiger charge is -2.34. The number of benzene rings is 1. The number of amides is 3. The van der Waals surface area contributed by atoms with E-state index >= 15 is 0 Å². The van der Waals surface area contributed by atoms with Gasteiger partial charge in [0, 0.05) is 19.7 Å². The van der Waals surface area contributed by atoms with Gasteiger partial charge in [-0.1, -0.05) is 37.6 Å². The van der Waals surface area contributed by atoms with E-state index in [1.165, 1.54) is 4.90 Å². The molecule has 0 aromatic heterocycles. The molecule has 2 unspecified atom stereocenters. The van der Waals surface area contributed by atoms with Crippen molar-refractivity contribution in [1.82, 2.24) is 10.2 Å². The van der Waals surface area contributed by atoms with Crippen molar-refractivity contribution in [1.29, 1.82) is 0 Å². The first-order valence-electron chi connectivity index (χ1n) is 11.8. The highest BCUT2D eigenvalue weighted by Crippen LogP contribution is 2.64. The summed E-state index contributed by atoms with van der Waals surface area (Å²) in [5.74, 6) is -2.21. The number of nitrogens with zero attached hydrogens (tertiary/aromatic N) is 1. The van der Waals surface area contributed by atoms with E-state index in [9.17, 15) is 19.5 Å². The van der Waals surface area contributed by atoms with Gasteiger partial charge in [-0.2, -0.15) is 0 Å². The Morgan fingerprint density at radius 3 is 2.67 bits per heavy atom. The van der Waals surface area contributed by atoms with Gasteiger partial charge in [0.2, 0.25) is 17.7 Å². The second-order valence-corrected chi connectivity index (χ2v) is 9.61. The number of carbonyl (C=O) groups excluding carboxylic acids is 3. The molecule has 5 atom stereocenters. The van der Waals surface area contributed by atoms with Gasteiger partial charge < -0.3 is 25.4 Å². The molecular weight excluding hydrogens is 446 g/mol. The van der Waals surface area contributed by atoms with E-state index < -0.39 is 35.0 Å². The number of para-hydroxylation sites is 1. The number of likely N-dealkylation sites (tertiary alicyclic amines) is 1. The topological polar surface area (TPSA) is 108 Å². The largest absolute Gasteiger partial charge is 0.396 e. The Balaban J connectivity index is 1.73. The highest BCUT2D eigenvalue weighted by atomic mass is 35.5. The quantitative estimate of drug-likeness (QED) is 0.506. The van der Waals surface area contributed by atoms with Gasteiger partial charge in [-0.15, -0.1) is 0 Å². The van der Waals surface area contributed by atoms with Crippen LogP contribution in [0.25, 0.3) is 0 Å². The fraction of sp³-hybridized carbons (Fsp3) is 0.625. The average molecular weight is 478 g/mol. The number of hydrogen-bond acceptors (Lipinski definition) is 5. The van der Waals surface area contributed by atoms with Crippen LogP contribution in [0.15, 0.2) is 24.3 Å². The molecule has 0 radical (unpaired) electrons. The van der Waals surface area contributed by atoms with Crippen molar-refractivity contribution in [2.45, 2.75) is 63.2 Å². The normalized spacial score (nSPS) is 32.2. The van der Waals surface area contributed by atoms with Crippen molar-refractivity contribution in [2.75, 3.05) is 25.0 Å². The van der Waals surface area contributed by atoms with Gasteiger partial charge in [0.05, 0.1) is 28.1 Å². The summed E-state index contributed by atoms with van der Waals surface area (Å²) in [6.45, 7) is 4.56. The zero-order valence-corrected chi connectivity index (χ0v) is 19.9.